The van der Waals surface area contributed by atoms with E-state index in [1.807, 2.05) is 12.1 Å². The number of hydrogen-bond acceptors (Lipinski definition) is 1. The summed E-state index contributed by atoms with van der Waals surface area (Å²) >= 11 is 0. The predicted molar refractivity (Wildman–Crippen MR) is 54.9 cm³/mol. The molecule has 0 aliphatic carbocycles. The van der Waals surface area contributed by atoms with Gasteiger partial charge >= 0.3 is 0 Å². The summed E-state index contributed by atoms with van der Waals surface area (Å²) in [5.74, 6) is 0.985. The number of allylic oxidation sites excluding steroid dienone is 1. The first-order valence-electron chi connectivity index (χ1n) is 4.40. The Hall–Kier alpha value is -1.50. The lowest BCUT2D eigenvalue weighted by atomic mass is 10.2. The van der Waals surface area contributed by atoms with Gasteiger partial charge in [-0.15, -0.1) is 6.58 Å². The van der Waals surface area contributed by atoms with Crippen LogP contribution in [0.25, 0.3) is 11.0 Å². The molecule has 0 fully saturated rings. The Balaban J connectivity index is 2.61. The molecule has 0 saturated heterocycles. The summed E-state index contributed by atoms with van der Waals surface area (Å²) < 4.78 is 5.67. The average molecular weight is 172 g/mol. The number of fused-ring (bicyclic) bond motifs is 1. The van der Waals surface area contributed by atoms with E-state index in [9.17, 15) is 0 Å². The van der Waals surface area contributed by atoms with Crippen LogP contribution in [0.15, 0.2) is 41.3 Å². The van der Waals surface area contributed by atoms with Crippen molar-refractivity contribution in [1.29, 1.82) is 0 Å². The van der Waals surface area contributed by atoms with Crippen LogP contribution in [0, 0.1) is 6.92 Å². The number of hydrogen-bond donors (Lipinski definition) is 0. The Kier molecular flexibility index (Phi) is 1.93. The van der Waals surface area contributed by atoms with E-state index in [-0.39, 0.29) is 0 Å². The van der Waals surface area contributed by atoms with Gasteiger partial charge in [-0.2, -0.15) is 0 Å². The molecule has 2 rings (SSSR count). The molecule has 0 spiro atoms. The normalized spacial score (nSPS) is 10.5. The zero-order chi connectivity index (χ0) is 9.26. The van der Waals surface area contributed by atoms with Crippen molar-refractivity contribution in [2.75, 3.05) is 0 Å². The molecule has 0 aliphatic heterocycles. The standard InChI is InChI=1S/C12H12O/c1-3-5-11-8-10-7-4-6-9(2)12(10)13-11/h3-4,6-8H,1,5H2,2H3. The summed E-state index contributed by atoms with van der Waals surface area (Å²) in [5, 5.41) is 1.18. The van der Waals surface area contributed by atoms with Crippen LogP contribution in [0.2, 0.25) is 0 Å². The second-order valence-electron chi connectivity index (χ2n) is 3.20. The van der Waals surface area contributed by atoms with Gasteiger partial charge in [-0.25, -0.2) is 0 Å². The van der Waals surface area contributed by atoms with Crippen molar-refractivity contribution in [3.63, 3.8) is 0 Å². The fraction of sp³-hybridized carbons (Fsp3) is 0.167. The van der Waals surface area contributed by atoms with Gasteiger partial charge in [0.05, 0.1) is 0 Å². The SMILES string of the molecule is C=CCc1cc2cccc(C)c2o1. The quantitative estimate of drug-likeness (QED) is 0.632. The fourth-order valence-corrected chi connectivity index (χ4v) is 1.51. The zero-order valence-corrected chi connectivity index (χ0v) is 7.71. The molecule has 1 heteroatoms. The topological polar surface area (TPSA) is 13.1 Å². The van der Waals surface area contributed by atoms with Crippen LogP contribution in [0.1, 0.15) is 11.3 Å². The highest BCUT2D eigenvalue weighted by Crippen LogP contribution is 2.22. The average Bonchev–Trinajstić information content (AvgIpc) is 2.49. The Morgan fingerprint density at radius 3 is 3.00 bits per heavy atom. The molecule has 0 saturated carbocycles. The molecule has 0 unspecified atom stereocenters. The molecule has 0 radical (unpaired) electrons. The van der Waals surface area contributed by atoms with Crippen molar-refractivity contribution in [2.24, 2.45) is 0 Å². The van der Waals surface area contributed by atoms with Crippen molar-refractivity contribution < 1.29 is 4.42 Å². The molecular formula is C12H12O. The molecule has 1 aromatic heterocycles. The van der Waals surface area contributed by atoms with E-state index in [0.717, 1.165) is 17.8 Å². The number of rotatable bonds is 2. The maximum Gasteiger partial charge on any atom is 0.137 e. The number of furan rings is 1. The van der Waals surface area contributed by atoms with Crippen molar-refractivity contribution >= 4 is 11.0 Å². The zero-order valence-electron chi connectivity index (χ0n) is 7.71. The third-order valence-electron chi connectivity index (χ3n) is 2.14. The van der Waals surface area contributed by atoms with E-state index < -0.39 is 0 Å². The van der Waals surface area contributed by atoms with Gasteiger partial charge in [-0.1, -0.05) is 24.3 Å². The van der Waals surface area contributed by atoms with Crippen molar-refractivity contribution in [1.82, 2.24) is 0 Å². The summed E-state index contributed by atoms with van der Waals surface area (Å²) in [7, 11) is 0. The second-order valence-corrected chi connectivity index (χ2v) is 3.20. The number of benzene rings is 1. The van der Waals surface area contributed by atoms with Crippen molar-refractivity contribution in [3.8, 4) is 0 Å². The van der Waals surface area contributed by atoms with Gasteiger partial charge in [0.2, 0.25) is 0 Å². The predicted octanol–water partition coefficient (Wildman–Crippen LogP) is 3.47. The Morgan fingerprint density at radius 1 is 1.46 bits per heavy atom. The summed E-state index contributed by atoms with van der Waals surface area (Å²) in [5.41, 5.74) is 2.19. The first-order valence-corrected chi connectivity index (χ1v) is 4.40. The van der Waals surface area contributed by atoms with E-state index in [4.69, 9.17) is 4.42 Å². The maximum atomic E-state index is 5.67. The van der Waals surface area contributed by atoms with Gasteiger partial charge < -0.3 is 4.42 Å². The Bertz CT molecular complexity index is 437. The summed E-state index contributed by atoms with van der Waals surface area (Å²) in [6.07, 6.45) is 2.65. The van der Waals surface area contributed by atoms with Gasteiger partial charge in [0.15, 0.2) is 0 Å². The van der Waals surface area contributed by atoms with Gasteiger partial charge in [0, 0.05) is 11.8 Å². The Morgan fingerprint density at radius 2 is 2.31 bits per heavy atom. The molecule has 66 valence electrons. The molecule has 1 heterocycles. The summed E-state index contributed by atoms with van der Waals surface area (Å²) in [6.45, 7) is 5.75. The lowest BCUT2D eigenvalue weighted by Crippen LogP contribution is -1.71. The highest BCUT2D eigenvalue weighted by Gasteiger charge is 2.03. The van der Waals surface area contributed by atoms with Crippen molar-refractivity contribution in [2.45, 2.75) is 13.3 Å². The first-order chi connectivity index (χ1) is 6.31. The van der Waals surface area contributed by atoms with Crippen LogP contribution in [0.4, 0.5) is 0 Å². The first kappa shape index (κ1) is 8.11. The molecule has 2 aromatic rings. The van der Waals surface area contributed by atoms with Crippen LogP contribution < -0.4 is 0 Å². The lowest BCUT2D eigenvalue weighted by Gasteiger charge is -1.91. The van der Waals surface area contributed by atoms with E-state index in [0.29, 0.717) is 0 Å². The minimum atomic E-state index is 0.800. The maximum absolute atomic E-state index is 5.67. The summed E-state index contributed by atoms with van der Waals surface area (Å²) in [4.78, 5) is 0. The van der Waals surface area contributed by atoms with Crippen LogP contribution in [-0.2, 0) is 6.42 Å². The Labute approximate surface area is 77.7 Å². The number of para-hydroxylation sites is 1. The molecule has 1 nitrogen and oxygen atoms in total. The smallest absolute Gasteiger partial charge is 0.137 e. The second kappa shape index (κ2) is 3.09. The molecule has 13 heavy (non-hydrogen) atoms. The van der Waals surface area contributed by atoms with E-state index in [2.05, 4.69) is 31.7 Å². The lowest BCUT2D eigenvalue weighted by molar-refractivity contribution is 0.563. The number of aryl methyl sites for hydroxylation is 1. The minimum Gasteiger partial charge on any atom is -0.460 e. The van der Waals surface area contributed by atoms with Crippen LogP contribution in [0.5, 0.6) is 0 Å². The molecule has 0 atom stereocenters. The molecular weight excluding hydrogens is 160 g/mol. The van der Waals surface area contributed by atoms with Gasteiger partial charge in [-0.05, 0) is 18.6 Å². The third kappa shape index (κ3) is 1.37. The molecule has 0 aliphatic rings. The monoisotopic (exact) mass is 172 g/mol. The molecule has 0 bridgehead atoms. The molecule has 0 amide bonds. The van der Waals surface area contributed by atoms with E-state index in [1.165, 1.54) is 10.9 Å². The highest BCUT2D eigenvalue weighted by atomic mass is 16.3. The minimum absolute atomic E-state index is 0.800. The van der Waals surface area contributed by atoms with Gasteiger partial charge in [0.25, 0.3) is 0 Å². The third-order valence-corrected chi connectivity index (χ3v) is 2.14. The van der Waals surface area contributed by atoms with Crippen LogP contribution in [-0.4, -0.2) is 0 Å². The summed E-state index contributed by atoms with van der Waals surface area (Å²) in [6, 6.07) is 8.25. The molecule has 1 aromatic carbocycles. The van der Waals surface area contributed by atoms with Gasteiger partial charge in [0.1, 0.15) is 11.3 Å². The largest absolute Gasteiger partial charge is 0.460 e. The molecule has 0 N–H and O–H groups in total. The van der Waals surface area contributed by atoms with E-state index in [1.54, 1.807) is 0 Å². The highest BCUT2D eigenvalue weighted by molar-refractivity contribution is 5.80. The van der Waals surface area contributed by atoms with E-state index >= 15 is 0 Å². The fourth-order valence-electron chi connectivity index (χ4n) is 1.51. The van der Waals surface area contributed by atoms with Crippen LogP contribution in [0.3, 0.4) is 0 Å². The van der Waals surface area contributed by atoms with Gasteiger partial charge in [-0.3, -0.25) is 0 Å². The van der Waals surface area contributed by atoms with Crippen LogP contribution >= 0.6 is 0 Å². The van der Waals surface area contributed by atoms with Crippen molar-refractivity contribution in [3.05, 3.63) is 48.2 Å².